The monoisotopic (exact) mass is 270 g/mol. The number of nitrogens with one attached hydrogen (secondary N) is 1. The zero-order chi connectivity index (χ0) is 12.3. The number of ether oxygens (including phenoxy) is 1. The molecular formula is C12H15ClN2OS. The van der Waals surface area contributed by atoms with Gasteiger partial charge in [0, 0.05) is 35.5 Å². The summed E-state index contributed by atoms with van der Waals surface area (Å²) in [5.74, 6) is 0. The summed E-state index contributed by atoms with van der Waals surface area (Å²) in [6, 6.07) is 5.97. The molecule has 0 saturated carbocycles. The fourth-order valence-electron chi connectivity index (χ4n) is 1.91. The second kappa shape index (κ2) is 5.67. The van der Waals surface area contributed by atoms with Gasteiger partial charge in [0.2, 0.25) is 0 Å². The van der Waals surface area contributed by atoms with Crippen LogP contribution in [0.1, 0.15) is 18.4 Å². The highest BCUT2D eigenvalue weighted by molar-refractivity contribution is 7.80. The third kappa shape index (κ3) is 3.31. The van der Waals surface area contributed by atoms with Crippen LogP contribution in [0.4, 0.5) is 5.69 Å². The Hall–Kier alpha value is -0.840. The molecule has 0 atom stereocenters. The van der Waals surface area contributed by atoms with E-state index in [1.807, 2.05) is 12.1 Å². The van der Waals surface area contributed by atoms with E-state index in [0.29, 0.717) is 16.1 Å². The summed E-state index contributed by atoms with van der Waals surface area (Å²) < 4.78 is 5.32. The lowest BCUT2D eigenvalue weighted by atomic mass is 10.1. The van der Waals surface area contributed by atoms with Crippen molar-refractivity contribution in [1.82, 2.24) is 0 Å². The summed E-state index contributed by atoms with van der Waals surface area (Å²) in [6.45, 7) is 1.60. The molecule has 2 rings (SSSR count). The van der Waals surface area contributed by atoms with E-state index < -0.39 is 0 Å². The van der Waals surface area contributed by atoms with Crippen LogP contribution in [0.5, 0.6) is 0 Å². The average molecular weight is 271 g/mol. The van der Waals surface area contributed by atoms with Gasteiger partial charge in [-0.1, -0.05) is 23.8 Å². The lowest BCUT2D eigenvalue weighted by Gasteiger charge is -2.25. The summed E-state index contributed by atoms with van der Waals surface area (Å²) in [7, 11) is 0. The van der Waals surface area contributed by atoms with E-state index in [1.165, 1.54) is 0 Å². The van der Waals surface area contributed by atoms with Gasteiger partial charge in [0.05, 0.1) is 0 Å². The predicted octanol–water partition coefficient (Wildman–Crippen LogP) is 2.57. The molecule has 92 valence electrons. The highest BCUT2D eigenvalue weighted by Gasteiger charge is 2.15. The van der Waals surface area contributed by atoms with Crippen LogP contribution in [0.25, 0.3) is 0 Å². The minimum absolute atomic E-state index is 0.363. The van der Waals surface area contributed by atoms with Crippen molar-refractivity contribution in [3.63, 3.8) is 0 Å². The van der Waals surface area contributed by atoms with Crippen LogP contribution in [-0.4, -0.2) is 24.2 Å². The van der Waals surface area contributed by atoms with Gasteiger partial charge in [-0.05, 0) is 31.0 Å². The second-order valence-corrected chi connectivity index (χ2v) is 4.96. The van der Waals surface area contributed by atoms with Crippen LogP contribution in [0.2, 0.25) is 5.02 Å². The van der Waals surface area contributed by atoms with Gasteiger partial charge in [-0.25, -0.2) is 0 Å². The van der Waals surface area contributed by atoms with E-state index in [2.05, 4.69) is 5.32 Å². The molecule has 3 nitrogen and oxygen atoms in total. The molecule has 0 amide bonds. The first-order chi connectivity index (χ1) is 8.16. The lowest BCUT2D eigenvalue weighted by molar-refractivity contribution is 0.0904. The van der Waals surface area contributed by atoms with E-state index in [4.69, 9.17) is 34.3 Å². The van der Waals surface area contributed by atoms with Gasteiger partial charge in [0.25, 0.3) is 0 Å². The first-order valence-corrected chi connectivity index (χ1v) is 6.39. The van der Waals surface area contributed by atoms with Gasteiger partial charge < -0.3 is 15.8 Å². The van der Waals surface area contributed by atoms with Crippen LogP contribution < -0.4 is 11.1 Å². The van der Waals surface area contributed by atoms with Crippen molar-refractivity contribution in [2.45, 2.75) is 18.9 Å². The number of thiocarbonyl (C=S) groups is 1. The summed E-state index contributed by atoms with van der Waals surface area (Å²) in [5, 5.41) is 4.10. The fourth-order valence-corrected chi connectivity index (χ4v) is 2.25. The van der Waals surface area contributed by atoms with Gasteiger partial charge in [0.1, 0.15) is 4.99 Å². The molecule has 17 heavy (non-hydrogen) atoms. The standard InChI is InChI=1S/C12H15ClN2OS/c13-8-1-2-11(10(7-8)12(14)17)15-9-3-5-16-6-4-9/h1-2,7,9,15H,3-6H2,(H2,14,17). The molecule has 0 aromatic heterocycles. The van der Waals surface area contributed by atoms with Crippen molar-refractivity contribution < 1.29 is 4.74 Å². The molecule has 0 bridgehead atoms. The Morgan fingerprint density at radius 3 is 2.76 bits per heavy atom. The van der Waals surface area contributed by atoms with Crippen molar-refractivity contribution in [2.24, 2.45) is 5.73 Å². The van der Waals surface area contributed by atoms with E-state index in [-0.39, 0.29) is 0 Å². The quantitative estimate of drug-likeness (QED) is 0.829. The van der Waals surface area contributed by atoms with Crippen LogP contribution >= 0.6 is 23.8 Å². The Labute approximate surface area is 111 Å². The molecule has 1 aliphatic heterocycles. The molecule has 1 aromatic rings. The molecule has 0 unspecified atom stereocenters. The number of hydrogen-bond acceptors (Lipinski definition) is 3. The maximum atomic E-state index is 5.94. The lowest BCUT2D eigenvalue weighted by Crippen LogP contribution is -2.29. The number of halogens is 1. The Kier molecular flexibility index (Phi) is 4.20. The SMILES string of the molecule is NC(=S)c1cc(Cl)ccc1NC1CCOCC1. The van der Waals surface area contributed by atoms with Gasteiger partial charge in [-0.3, -0.25) is 0 Å². The molecule has 0 spiro atoms. The molecule has 1 saturated heterocycles. The van der Waals surface area contributed by atoms with Crippen molar-refractivity contribution >= 4 is 34.5 Å². The number of nitrogens with two attached hydrogens (primary N) is 1. The zero-order valence-corrected chi connectivity index (χ0v) is 11.0. The summed E-state index contributed by atoms with van der Waals surface area (Å²) in [4.78, 5) is 0.363. The molecule has 1 aromatic carbocycles. The zero-order valence-electron chi connectivity index (χ0n) is 9.41. The summed E-state index contributed by atoms with van der Waals surface area (Å²) in [5.41, 5.74) is 7.45. The number of benzene rings is 1. The Morgan fingerprint density at radius 2 is 2.12 bits per heavy atom. The number of anilines is 1. The van der Waals surface area contributed by atoms with Crippen LogP contribution in [-0.2, 0) is 4.74 Å². The topological polar surface area (TPSA) is 47.3 Å². The normalized spacial score (nSPS) is 16.8. The minimum atomic E-state index is 0.363. The maximum absolute atomic E-state index is 5.94. The molecule has 1 fully saturated rings. The van der Waals surface area contributed by atoms with Crippen molar-refractivity contribution in [1.29, 1.82) is 0 Å². The largest absolute Gasteiger partial charge is 0.389 e. The van der Waals surface area contributed by atoms with Crippen molar-refractivity contribution in [3.05, 3.63) is 28.8 Å². The van der Waals surface area contributed by atoms with Gasteiger partial charge in [0.15, 0.2) is 0 Å². The first-order valence-electron chi connectivity index (χ1n) is 5.60. The van der Waals surface area contributed by atoms with Crippen LogP contribution in [0.15, 0.2) is 18.2 Å². The average Bonchev–Trinajstić information content (AvgIpc) is 2.32. The predicted molar refractivity (Wildman–Crippen MR) is 74.8 cm³/mol. The minimum Gasteiger partial charge on any atom is -0.389 e. The Balaban J connectivity index is 2.16. The smallest absolute Gasteiger partial charge is 0.106 e. The molecule has 1 aliphatic rings. The molecule has 1 heterocycles. The Bertz CT molecular complexity index is 419. The maximum Gasteiger partial charge on any atom is 0.106 e. The van der Waals surface area contributed by atoms with E-state index in [0.717, 1.165) is 37.3 Å². The molecule has 3 N–H and O–H groups in total. The van der Waals surface area contributed by atoms with Crippen molar-refractivity contribution in [2.75, 3.05) is 18.5 Å². The molecule has 0 radical (unpaired) electrons. The van der Waals surface area contributed by atoms with Gasteiger partial charge in [-0.15, -0.1) is 0 Å². The van der Waals surface area contributed by atoms with Crippen LogP contribution in [0.3, 0.4) is 0 Å². The number of rotatable bonds is 3. The molecule has 0 aliphatic carbocycles. The van der Waals surface area contributed by atoms with E-state index >= 15 is 0 Å². The van der Waals surface area contributed by atoms with Gasteiger partial charge >= 0.3 is 0 Å². The fraction of sp³-hybridized carbons (Fsp3) is 0.417. The third-order valence-corrected chi connectivity index (χ3v) is 3.28. The molecule has 5 heteroatoms. The van der Waals surface area contributed by atoms with Crippen molar-refractivity contribution in [3.8, 4) is 0 Å². The highest BCUT2D eigenvalue weighted by atomic mass is 35.5. The molecular weight excluding hydrogens is 256 g/mol. The van der Waals surface area contributed by atoms with E-state index in [1.54, 1.807) is 6.07 Å². The third-order valence-electron chi connectivity index (χ3n) is 2.83. The highest BCUT2D eigenvalue weighted by Crippen LogP contribution is 2.23. The summed E-state index contributed by atoms with van der Waals surface area (Å²) in [6.07, 6.45) is 2.00. The van der Waals surface area contributed by atoms with Gasteiger partial charge in [-0.2, -0.15) is 0 Å². The summed E-state index contributed by atoms with van der Waals surface area (Å²) >= 11 is 11.0. The van der Waals surface area contributed by atoms with Crippen LogP contribution in [0, 0.1) is 0 Å². The Morgan fingerprint density at radius 1 is 1.41 bits per heavy atom. The first kappa shape index (κ1) is 12.6. The number of hydrogen-bond donors (Lipinski definition) is 2. The second-order valence-electron chi connectivity index (χ2n) is 4.09. The van der Waals surface area contributed by atoms with E-state index in [9.17, 15) is 0 Å².